The predicted octanol–water partition coefficient (Wildman–Crippen LogP) is 1.91. The summed E-state index contributed by atoms with van der Waals surface area (Å²) in [5.74, 6) is 4.88. The van der Waals surface area contributed by atoms with Gasteiger partial charge in [0.05, 0.1) is 6.10 Å². The third-order valence-corrected chi connectivity index (χ3v) is 4.67. The fourth-order valence-electron chi connectivity index (χ4n) is 3.65. The minimum atomic E-state index is 0.0694. The monoisotopic (exact) mass is 166 g/mol. The van der Waals surface area contributed by atoms with Crippen LogP contribution in [0.4, 0.5) is 0 Å². The second-order valence-corrected chi connectivity index (χ2v) is 5.37. The Morgan fingerprint density at radius 2 is 1.67 bits per heavy atom. The minimum Gasteiger partial charge on any atom is -0.393 e. The topological polar surface area (TPSA) is 20.2 Å². The standard InChI is InChI=1S/C11H18O/c1-5-3-7(5)10-6(2)8-4-9(8)11(10)12/h5-12H,3-4H2,1-2H3. The van der Waals surface area contributed by atoms with Gasteiger partial charge >= 0.3 is 0 Å². The van der Waals surface area contributed by atoms with Crippen molar-refractivity contribution in [2.75, 3.05) is 0 Å². The molecule has 1 nitrogen and oxygen atoms in total. The fraction of sp³-hybridized carbons (Fsp3) is 1.00. The van der Waals surface area contributed by atoms with E-state index < -0.39 is 0 Å². The van der Waals surface area contributed by atoms with Gasteiger partial charge in [0.2, 0.25) is 0 Å². The average Bonchev–Trinajstić information content (AvgIpc) is 2.84. The smallest absolute Gasteiger partial charge is 0.0604 e. The van der Waals surface area contributed by atoms with Crippen LogP contribution in [0.1, 0.15) is 26.7 Å². The maximum Gasteiger partial charge on any atom is 0.0604 e. The van der Waals surface area contributed by atoms with Crippen molar-refractivity contribution in [1.29, 1.82) is 0 Å². The lowest BCUT2D eigenvalue weighted by Crippen LogP contribution is -2.24. The number of aliphatic hydroxyl groups is 1. The molecule has 3 aliphatic carbocycles. The van der Waals surface area contributed by atoms with Crippen LogP contribution in [0.25, 0.3) is 0 Å². The van der Waals surface area contributed by atoms with Gasteiger partial charge in [-0.1, -0.05) is 13.8 Å². The molecule has 0 aromatic carbocycles. The molecule has 1 heteroatoms. The minimum absolute atomic E-state index is 0.0694. The molecule has 0 heterocycles. The van der Waals surface area contributed by atoms with Gasteiger partial charge in [0.1, 0.15) is 0 Å². The van der Waals surface area contributed by atoms with E-state index in [1.165, 1.54) is 12.8 Å². The average molecular weight is 166 g/mol. The summed E-state index contributed by atoms with van der Waals surface area (Å²) in [5, 5.41) is 10.00. The first-order valence-electron chi connectivity index (χ1n) is 5.38. The summed E-state index contributed by atoms with van der Waals surface area (Å²) in [6.07, 6.45) is 2.77. The Hall–Kier alpha value is -0.0400. The molecular weight excluding hydrogens is 148 g/mol. The van der Waals surface area contributed by atoms with Crippen LogP contribution >= 0.6 is 0 Å². The Bertz CT molecular complexity index is 199. The molecule has 1 N–H and O–H groups in total. The molecule has 0 spiro atoms. The lowest BCUT2D eigenvalue weighted by Gasteiger charge is -2.22. The van der Waals surface area contributed by atoms with E-state index >= 15 is 0 Å². The van der Waals surface area contributed by atoms with Crippen molar-refractivity contribution in [3.63, 3.8) is 0 Å². The molecule has 0 bridgehead atoms. The third-order valence-electron chi connectivity index (χ3n) is 4.67. The predicted molar refractivity (Wildman–Crippen MR) is 47.5 cm³/mol. The molecule has 0 aromatic rings. The first-order valence-corrected chi connectivity index (χ1v) is 5.38. The van der Waals surface area contributed by atoms with E-state index in [-0.39, 0.29) is 6.10 Å². The SMILES string of the molecule is CC1CC1C1C(C)C2CC2C1O. The highest BCUT2D eigenvalue weighted by Crippen LogP contribution is 2.64. The van der Waals surface area contributed by atoms with E-state index in [4.69, 9.17) is 0 Å². The van der Waals surface area contributed by atoms with Gasteiger partial charge < -0.3 is 5.11 Å². The van der Waals surface area contributed by atoms with Crippen molar-refractivity contribution >= 4 is 0 Å². The summed E-state index contributed by atoms with van der Waals surface area (Å²) in [6.45, 7) is 4.69. The third kappa shape index (κ3) is 0.783. The molecule has 3 fully saturated rings. The highest BCUT2D eigenvalue weighted by molar-refractivity contribution is 5.10. The van der Waals surface area contributed by atoms with E-state index in [0.717, 1.165) is 23.7 Å². The van der Waals surface area contributed by atoms with Gasteiger partial charge in [-0.25, -0.2) is 0 Å². The van der Waals surface area contributed by atoms with Gasteiger partial charge in [0, 0.05) is 0 Å². The number of hydrogen-bond donors (Lipinski definition) is 1. The molecule has 0 aromatic heterocycles. The summed E-state index contributed by atoms with van der Waals surface area (Å²) >= 11 is 0. The second-order valence-electron chi connectivity index (χ2n) is 5.37. The Morgan fingerprint density at radius 1 is 1.00 bits per heavy atom. The zero-order valence-corrected chi connectivity index (χ0v) is 7.90. The molecule has 68 valence electrons. The number of hydrogen-bond acceptors (Lipinski definition) is 1. The summed E-state index contributed by atoms with van der Waals surface area (Å²) in [5.41, 5.74) is 0. The van der Waals surface area contributed by atoms with E-state index in [1.54, 1.807) is 0 Å². The molecule has 3 saturated carbocycles. The molecule has 0 radical (unpaired) electrons. The van der Waals surface area contributed by atoms with Crippen LogP contribution in [0.3, 0.4) is 0 Å². The Labute approximate surface area is 74.2 Å². The van der Waals surface area contributed by atoms with Crippen LogP contribution in [0, 0.1) is 35.5 Å². The molecule has 7 unspecified atom stereocenters. The quantitative estimate of drug-likeness (QED) is 0.631. The van der Waals surface area contributed by atoms with Crippen LogP contribution in [0.15, 0.2) is 0 Å². The maximum absolute atomic E-state index is 10.00. The summed E-state index contributed by atoms with van der Waals surface area (Å²) in [7, 11) is 0. The molecule has 0 aliphatic heterocycles. The Balaban J connectivity index is 1.78. The van der Waals surface area contributed by atoms with Crippen LogP contribution in [-0.2, 0) is 0 Å². The number of rotatable bonds is 1. The Morgan fingerprint density at radius 3 is 2.08 bits per heavy atom. The molecule has 3 rings (SSSR count). The molecule has 12 heavy (non-hydrogen) atoms. The zero-order valence-electron chi connectivity index (χ0n) is 7.90. The largest absolute Gasteiger partial charge is 0.393 e. The van der Waals surface area contributed by atoms with Crippen LogP contribution in [0.5, 0.6) is 0 Å². The maximum atomic E-state index is 10.00. The van der Waals surface area contributed by atoms with Gasteiger partial charge in [0.15, 0.2) is 0 Å². The van der Waals surface area contributed by atoms with E-state index in [0.29, 0.717) is 11.8 Å². The normalized spacial score (nSPS) is 67.8. The van der Waals surface area contributed by atoms with Crippen molar-refractivity contribution in [2.24, 2.45) is 35.5 Å². The molecule has 0 amide bonds. The summed E-state index contributed by atoms with van der Waals surface area (Å²) < 4.78 is 0. The summed E-state index contributed by atoms with van der Waals surface area (Å²) in [6, 6.07) is 0. The van der Waals surface area contributed by atoms with Gasteiger partial charge in [-0.05, 0) is 48.3 Å². The highest BCUT2D eigenvalue weighted by atomic mass is 16.3. The van der Waals surface area contributed by atoms with Gasteiger partial charge in [-0.3, -0.25) is 0 Å². The van der Waals surface area contributed by atoms with E-state index in [9.17, 15) is 5.11 Å². The van der Waals surface area contributed by atoms with Crippen LogP contribution < -0.4 is 0 Å². The lowest BCUT2D eigenvalue weighted by molar-refractivity contribution is 0.0770. The molecule has 0 saturated heterocycles. The Kier molecular flexibility index (Phi) is 1.27. The van der Waals surface area contributed by atoms with Gasteiger partial charge in [-0.15, -0.1) is 0 Å². The zero-order chi connectivity index (χ0) is 8.46. The van der Waals surface area contributed by atoms with E-state index in [2.05, 4.69) is 13.8 Å². The van der Waals surface area contributed by atoms with Crippen molar-refractivity contribution in [2.45, 2.75) is 32.8 Å². The second kappa shape index (κ2) is 2.06. The molecule has 3 aliphatic rings. The first-order chi connectivity index (χ1) is 5.70. The van der Waals surface area contributed by atoms with Gasteiger partial charge in [-0.2, -0.15) is 0 Å². The highest BCUT2D eigenvalue weighted by Gasteiger charge is 2.61. The van der Waals surface area contributed by atoms with Gasteiger partial charge in [0.25, 0.3) is 0 Å². The van der Waals surface area contributed by atoms with Crippen molar-refractivity contribution < 1.29 is 5.11 Å². The van der Waals surface area contributed by atoms with Crippen LogP contribution in [0.2, 0.25) is 0 Å². The number of fused-ring (bicyclic) bond motifs is 1. The van der Waals surface area contributed by atoms with Crippen molar-refractivity contribution in [3.05, 3.63) is 0 Å². The van der Waals surface area contributed by atoms with Crippen molar-refractivity contribution in [1.82, 2.24) is 0 Å². The molecular formula is C11H18O. The lowest BCUT2D eigenvalue weighted by atomic mass is 9.86. The van der Waals surface area contributed by atoms with E-state index in [1.807, 2.05) is 0 Å². The van der Waals surface area contributed by atoms with Crippen LogP contribution in [-0.4, -0.2) is 11.2 Å². The fourth-order valence-corrected chi connectivity index (χ4v) is 3.65. The molecule has 7 atom stereocenters. The first kappa shape index (κ1) is 7.37. The summed E-state index contributed by atoms with van der Waals surface area (Å²) in [4.78, 5) is 0. The van der Waals surface area contributed by atoms with Crippen molar-refractivity contribution in [3.8, 4) is 0 Å². The number of aliphatic hydroxyl groups excluding tert-OH is 1.